The van der Waals surface area contributed by atoms with Crippen molar-refractivity contribution in [3.8, 4) is 0 Å². The van der Waals surface area contributed by atoms with Crippen molar-refractivity contribution in [1.29, 1.82) is 0 Å². The first kappa shape index (κ1) is 11.2. The molecule has 0 spiro atoms. The van der Waals surface area contributed by atoms with Crippen LogP contribution in [0.3, 0.4) is 0 Å². The first-order valence-corrected chi connectivity index (χ1v) is 5.37. The Morgan fingerprint density at radius 3 is 2.71 bits per heavy atom. The van der Waals surface area contributed by atoms with Crippen LogP contribution in [0.2, 0.25) is 0 Å². The molecule has 0 aliphatic heterocycles. The molecule has 0 saturated carbocycles. The molecule has 78 valence electrons. The lowest BCUT2D eigenvalue weighted by Gasteiger charge is -2.20. The van der Waals surface area contributed by atoms with Gasteiger partial charge in [0.15, 0.2) is 0 Å². The van der Waals surface area contributed by atoms with E-state index in [4.69, 9.17) is 0 Å². The Kier molecular flexibility index (Phi) is 4.60. The average molecular weight is 192 g/mol. The first-order valence-electron chi connectivity index (χ1n) is 5.37. The number of nitrogens with one attached hydrogen (secondary N) is 1. The van der Waals surface area contributed by atoms with Crippen molar-refractivity contribution in [2.45, 2.75) is 33.2 Å². The summed E-state index contributed by atoms with van der Waals surface area (Å²) < 4.78 is 0. The predicted molar refractivity (Wildman–Crippen MR) is 60.2 cm³/mol. The van der Waals surface area contributed by atoms with Gasteiger partial charge in [-0.25, -0.2) is 0 Å². The lowest BCUT2D eigenvalue weighted by molar-refractivity contribution is 0.403. The van der Waals surface area contributed by atoms with Gasteiger partial charge in [-0.2, -0.15) is 0 Å². The maximum Gasteiger partial charge on any atom is 0.0406 e. The molecule has 1 heterocycles. The third kappa shape index (κ3) is 3.46. The summed E-state index contributed by atoms with van der Waals surface area (Å²) >= 11 is 0. The van der Waals surface area contributed by atoms with E-state index in [-0.39, 0.29) is 0 Å². The molecule has 0 amide bonds. The quantitative estimate of drug-likeness (QED) is 0.774. The highest BCUT2D eigenvalue weighted by Gasteiger charge is 2.11. The molecule has 1 N–H and O–H groups in total. The topological polar surface area (TPSA) is 24.9 Å². The largest absolute Gasteiger partial charge is 0.314 e. The van der Waals surface area contributed by atoms with Gasteiger partial charge < -0.3 is 5.32 Å². The van der Waals surface area contributed by atoms with Gasteiger partial charge in [0.05, 0.1) is 0 Å². The monoisotopic (exact) mass is 192 g/mol. The summed E-state index contributed by atoms with van der Waals surface area (Å²) in [6.45, 7) is 7.68. The van der Waals surface area contributed by atoms with Gasteiger partial charge in [-0.05, 0) is 37.9 Å². The van der Waals surface area contributed by atoms with Gasteiger partial charge in [0.25, 0.3) is 0 Å². The highest BCUT2D eigenvalue weighted by molar-refractivity contribution is 5.04. The van der Waals surface area contributed by atoms with Crippen LogP contribution in [-0.4, -0.2) is 17.6 Å². The van der Waals surface area contributed by atoms with E-state index in [2.05, 4.69) is 37.1 Å². The standard InChI is InChI=1S/C12H20N2/c1-4-13-11(3)10(2)9-12-7-5-6-8-14-12/h5-8,10-11,13H,4,9H2,1-3H3. The minimum Gasteiger partial charge on any atom is -0.314 e. The second-order valence-electron chi connectivity index (χ2n) is 3.85. The van der Waals surface area contributed by atoms with Crippen LogP contribution in [0.4, 0.5) is 0 Å². The molecule has 1 aromatic rings. The molecule has 0 aliphatic rings. The Morgan fingerprint density at radius 1 is 1.36 bits per heavy atom. The highest BCUT2D eigenvalue weighted by atomic mass is 14.9. The zero-order valence-electron chi connectivity index (χ0n) is 9.33. The maximum absolute atomic E-state index is 4.33. The minimum atomic E-state index is 0.557. The summed E-state index contributed by atoms with van der Waals surface area (Å²) in [5.41, 5.74) is 1.18. The predicted octanol–water partition coefficient (Wildman–Crippen LogP) is 2.26. The fourth-order valence-corrected chi connectivity index (χ4v) is 1.55. The molecule has 0 radical (unpaired) electrons. The Balaban J connectivity index is 2.44. The molecule has 14 heavy (non-hydrogen) atoms. The van der Waals surface area contributed by atoms with Crippen LogP contribution >= 0.6 is 0 Å². The van der Waals surface area contributed by atoms with Crippen molar-refractivity contribution < 1.29 is 0 Å². The van der Waals surface area contributed by atoms with E-state index in [1.54, 1.807) is 0 Å². The fourth-order valence-electron chi connectivity index (χ4n) is 1.55. The van der Waals surface area contributed by atoms with Crippen LogP contribution in [-0.2, 0) is 6.42 Å². The van der Waals surface area contributed by atoms with Gasteiger partial charge in [0.2, 0.25) is 0 Å². The summed E-state index contributed by atoms with van der Waals surface area (Å²) in [4.78, 5) is 4.33. The molecule has 2 unspecified atom stereocenters. The van der Waals surface area contributed by atoms with E-state index < -0.39 is 0 Å². The minimum absolute atomic E-state index is 0.557. The van der Waals surface area contributed by atoms with Crippen molar-refractivity contribution >= 4 is 0 Å². The highest BCUT2D eigenvalue weighted by Crippen LogP contribution is 2.09. The molecule has 2 nitrogen and oxygen atoms in total. The lowest BCUT2D eigenvalue weighted by atomic mass is 9.97. The van der Waals surface area contributed by atoms with Crippen LogP contribution in [0.5, 0.6) is 0 Å². The molecule has 0 aromatic carbocycles. The fraction of sp³-hybridized carbons (Fsp3) is 0.583. The maximum atomic E-state index is 4.33. The average Bonchev–Trinajstić information content (AvgIpc) is 2.19. The van der Waals surface area contributed by atoms with Crippen molar-refractivity contribution in [1.82, 2.24) is 10.3 Å². The SMILES string of the molecule is CCNC(C)C(C)Cc1ccccn1. The Bertz CT molecular complexity index is 246. The van der Waals surface area contributed by atoms with Gasteiger partial charge in [-0.15, -0.1) is 0 Å². The van der Waals surface area contributed by atoms with Crippen molar-refractivity contribution in [3.63, 3.8) is 0 Å². The number of hydrogen-bond donors (Lipinski definition) is 1. The van der Waals surface area contributed by atoms with Crippen LogP contribution in [0.1, 0.15) is 26.5 Å². The van der Waals surface area contributed by atoms with E-state index in [1.165, 1.54) is 5.69 Å². The number of pyridine rings is 1. The first-order chi connectivity index (χ1) is 6.74. The normalized spacial score (nSPS) is 15.1. The van der Waals surface area contributed by atoms with Crippen molar-refractivity contribution in [3.05, 3.63) is 30.1 Å². The molecule has 1 aromatic heterocycles. The zero-order valence-corrected chi connectivity index (χ0v) is 9.33. The Hall–Kier alpha value is -0.890. The number of hydrogen-bond acceptors (Lipinski definition) is 2. The summed E-state index contributed by atoms with van der Waals surface area (Å²) in [7, 11) is 0. The number of nitrogens with zero attached hydrogens (tertiary/aromatic N) is 1. The van der Waals surface area contributed by atoms with Crippen LogP contribution in [0.25, 0.3) is 0 Å². The lowest BCUT2D eigenvalue weighted by Crippen LogP contribution is -2.33. The van der Waals surface area contributed by atoms with E-state index in [1.807, 2.05) is 18.3 Å². The Morgan fingerprint density at radius 2 is 2.14 bits per heavy atom. The molecule has 0 aliphatic carbocycles. The van der Waals surface area contributed by atoms with E-state index in [0.29, 0.717) is 12.0 Å². The van der Waals surface area contributed by atoms with Gasteiger partial charge >= 0.3 is 0 Å². The Labute approximate surface area is 86.8 Å². The van der Waals surface area contributed by atoms with E-state index >= 15 is 0 Å². The molecule has 2 heteroatoms. The van der Waals surface area contributed by atoms with Crippen LogP contribution in [0, 0.1) is 5.92 Å². The van der Waals surface area contributed by atoms with Gasteiger partial charge in [-0.1, -0.05) is 19.9 Å². The van der Waals surface area contributed by atoms with Gasteiger partial charge in [0.1, 0.15) is 0 Å². The molecule has 2 atom stereocenters. The number of aromatic nitrogens is 1. The van der Waals surface area contributed by atoms with E-state index in [0.717, 1.165) is 13.0 Å². The van der Waals surface area contributed by atoms with E-state index in [9.17, 15) is 0 Å². The van der Waals surface area contributed by atoms with Gasteiger partial charge in [0, 0.05) is 17.9 Å². The summed E-state index contributed by atoms with van der Waals surface area (Å²) in [6, 6.07) is 6.66. The second kappa shape index (κ2) is 5.76. The number of rotatable bonds is 5. The molecule has 1 rings (SSSR count). The third-order valence-corrected chi connectivity index (χ3v) is 2.64. The molecule has 0 saturated heterocycles. The summed E-state index contributed by atoms with van der Waals surface area (Å²) in [6.07, 6.45) is 2.91. The van der Waals surface area contributed by atoms with Crippen LogP contribution in [0.15, 0.2) is 24.4 Å². The summed E-state index contributed by atoms with van der Waals surface area (Å²) in [5, 5.41) is 3.44. The molecule has 0 bridgehead atoms. The van der Waals surface area contributed by atoms with Crippen LogP contribution < -0.4 is 5.32 Å². The molecular weight excluding hydrogens is 172 g/mol. The smallest absolute Gasteiger partial charge is 0.0406 e. The second-order valence-corrected chi connectivity index (χ2v) is 3.85. The summed E-state index contributed by atoms with van der Waals surface area (Å²) in [5.74, 6) is 0.629. The zero-order chi connectivity index (χ0) is 10.4. The van der Waals surface area contributed by atoms with Crippen molar-refractivity contribution in [2.75, 3.05) is 6.54 Å². The van der Waals surface area contributed by atoms with Gasteiger partial charge in [-0.3, -0.25) is 4.98 Å². The molecule has 0 fully saturated rings. The molecular formula is C12H20N2. The third-order valence-electron chi connectivity index (χ3n) is 2.64. The van der Waals surface area contributed by atoms with Crippen molar-refractivity contribution in [2.24, 2.45) is 5.92 Å².